The molecule has 1 heterocycles. The van der Waals surface area contributed by atoms with Crippen LogP contribution < -0.4 is 10.6 Å². The van der Waals surface area contributed by atoms with E-state index in [-0.39, 0.29) is 17.1 Å². The van der Waals surface area contributed by atoms with Gasteiger partial charge in [0, 0.05) is 18.4 Å². The van der Waals surface area contributed by atoms with Gasteiger partial charge < -0.3 is 10.6 Å². The van der Waals surface area contributed by atoms with Gasteiger partial charge in [0.1, 0.15) is 5.82 Å². The summed E-state index contributed by atoms with van der Waals surface area (Å²) in [5.74, 6) is 0.912. The van der Waals surface area contributed by atoms with Crippen LogP contribution in [-0.2, 0) is 10.2 Å². The van der Waals surface area contributed by atoms with Gasteiger partial charge >= 0.3 is 0 Å². The maximum atomic E-state index is 13.4. The van der Waals surface area contributed by atoms with Gasteiger partial charge in [0.15, 0.2) is 0 Å². The first kappa shape index (κ1) is 17.9. The van der Waals surface area contributed by atoms with Crippen molar-refractivity contribution < 1.29 is 9.18 Å². The molecule has 1 saturated heterocycles. The SMILES string of the molecule is CC(CC(=O)NCC(C)(C)c1cccc(F)c1)C1CCNCC1. The lowest BCUT2D eigenvalue weighted by Crippen LogP contribution is -2.38. The number of halogens is 1. The van der Waals surface area contributed by atoms with E-state index in [2.05, 4.69) is 17.6 Å². The van der Waals surface area contributed by atoms with E-state index in [1.807, 2.05) is 19.9 Å². The predicted octanol–water partition coefficient (Wildman–Crippen LogP) is 3.25. The van der Waals surface area contributed by atoms with E-state index >= 15 is 0 Å². The summed E-state index contributed by atoms with van der Waals surface area (Å²) in [6, 6.07) is 6.61. The Balaban J connectivity index is 1.83. The minimum absolute atomic E-state index is 0.0977. The minimum atomic E-state index is -0.282. The lowest BCUT2D eigenvalue weighted by atomic mass is 9.83. The van der Waals surface area contributed by atoms with Crippen LogP contribution in [0.2, 0.25) is 0 Å². The van der Waals surface area contributed by atoms with Crippen molar-refractivity contribution in [3.8, 4) is 0 Å². The van der Waals surface area contributed by atoms with Crippen LogP contribution in [0.3, 0.4) is 0 Å². The fraction of sp³-hybridized carbons (Fsp3) is 0.632. The fourth-order valence-electron chi connectivity index (χ4n) is 3.28. The molecule has 1 aliphatic heterocycles. The number of rotatable bonds is 6. The molecule has 1 aromatic carbocycles. The zero-order chi connectivity index (χ0) is 16.9. The van der Waals surface area contributed by atoms with E-state index in [4.69, 9.17) is 0 Å². The average Bonchev–Trinajstić information content (AvgIpc) is 2.54. The highest BCUT2D eigenvalue weighted by Crippen LogP contribution is 2.25. The minimum Gasteiger partial charge on any atom is -0.355 e. The summed E-state index contributed by atoms with van der Waals surface area (Å²) in [6.45, 7) is 8.87. The summed E-state index contributed by atoms with van der Waals surface area (Å²) in [4.78, 5) is 12.2. The normalized spacial score (nSPS) is 17.7. The molecule has 1 aliphatic rings. The van der Waals surface area contributed by atoms with Gasteiger partial charge in [-0.1, -0.05) is 32.9 Å². The van der Waals surface area contributed by atoms with E-state index in [1.165, 1.54) is 6.07 Å². The quantitative estimate of drug-likeness (QED) is 0.845. The molecule has 0 radical (unpaired) electrons. The lowest BCUT2D eigenvalue weighted by Gasteiger charge is -2.29. The third-order valence-corrected chi connectivity index (χ3v) is 5.03. The van der Waals surface area contributed by atoms with Crippen LogP contribution in [0.4, 0.5) is 4.39 Å². The van der Waals surface area contributed by atoms with E-state index < -0.39 is 0 Å². The Morgan fingerprint density at radius 1 is 1.39 bits per heavy atom. The Labute approximate surface area is 139 Å². The van der Waals surface area contributed by atoms with Crippen molar-refractivity contribution in [2.75, 3.05) is 19.6 Å². The van der Waals surface area contributed by atoms with Crippen molar-refractivity contribution in [2.45, 2.75) is 45.4 Å². The van der Waals surface area contributed by atoms with Crippen LogP contribution >= 0.6 is 0 Å². The number of benzene rings is 1. The van der Waals surface area contributed by atoms with Gasteiger partial charge in [-0.2, -0.15) is 0 Å². The number of carbonyl (C=O) groups is 1. The van der Waals surface area contributed by atoms with Crippen LogP contribution in [-0.4, -0.2) is 25.5 Å². The van der Waals surface area contributed by atoms with E-state index in [1.54, 1.807) is 12.1 Å². The highest BCUT2D eigenvalue weighted by molar-refractivity contribution is 5.76. The van der Waals surface area contributed by atoms with Gasteiger partial charge in [-0.15, -0.1) is 0 Å². The van der Waals surface area contributed by atoms with Crippen molar-refractivity contribution in [3.63, 3.8) is 0 Å². The summed E-state index contributed by atoms with van der Waals surface area (Å²) < 4.78 is 13.4. The largest absolute Gasteiger partial charge is 0.355 e. The van der Waals surface area contributed by atoms with Gasteiger partial charge in [0.25, 0.3) is 0 Å². The first-order valence-electron chi connectivity index (χ1n) is 8.62. The zero-order valence-corrected chi connectivity index (χ0v) is 14.5. The van der Waals surface area contributed by atoms with Gasteiger partial charge in [-0.05, 0) is 55.5 Å². The van der Waals surface area contributed by atoms with Crippen LogP contribution in [0.15, 0.2) is 24.3 Å². The Kier molecular flexibility index (Phi) is 6.17. The molecule has 0 aliphatic carbocycles. The second-order valence-corrected chi connectivity index (χ2v) is 7.44. The predicted molar refractivity (Wildman–Crippen MR) is 91.8 cm³/mol. The van der Waals surface area contributed by atoms with Gasteiger partial charge in [0.05, 0.1) is 0 Å². The van der Waals surface area contributed by atoms with Crippen molar-refractivity contribution in [1.29, 1.82) is 0 Å². The molecule has 1 unspecified atom stereocenters. The first-order valence-corrected chi connectivity index (χ1v) is 8.62. The maximum Gasteiger partial charge on any atom is 0.220 e. The molecule has 0 spiro atoms. The second kappa shape index (κ2) is 7.91. The third kappa shape index (κ3) is 5.31. The molecule has 4 heteroatoms. The highest BCUT2D eigenvalue weighted by Gasteiger charge is 2.24. The molecule has 23 heavy (non-hydrogen) atoms. The van der Waals surface area contributed by atoms with Gasteiger partial charge in [0.2, 0.25) is 5.91 Å². The monoisotopic (exact) mass is 320 g/mol. The van der Waals surface area contributed by atoms with Crippen molar-refractivity contribution in [3.05, 3.63) is 35.6 Å². The molecule has 0 saturated carbocycles. The third-order valence-electron chi connectivity index (χ3n) is 5.03. The van der Waals surface area contributed by atoms with E-state index in [0.717, 1.165) is 31.5 Å². The summed E-state index contributed by atoms with van der Waals surface area (Å²) in [5, 5.41) is 6.39. The molecule has 3 nitrogen and oxygen atoms in total. The molecule has 128 valence electrons. The molecule has 2 rings (SSSR count). The number of nitrogens with one attached hydrogen (secondary N) is 2. The van der Waals surface area contributed by atoms with Gasteiger partial charge in [-0.25, -0.2) is 4.39 Å². The fourth-order valence-corrected chi connectivity index (χ4v) is 3.28. The Bertz CT molecular complexity index is 524. The molecule has 0 bridgehead atoms. The molecular weight excluding hydrogens is 291 g/mol. The van der Waals surface area contributed by atoms with Crippen LogP contribution in [0.25, 0.3) is 0 Å². The lowest BCUT2D eigenvalue weighted by molar-refractivity contribution is -0.122. The van der Waals surface area contributed by atoms with Crippen molar-refractivity contribution >= 4 is 5.91 Å². The Morgan fingerprint density at radius 2 is 2.09 bits per heavy atom. The van der Waals surface area contributed by atoms with Crippen molar-refractivity contribution in [1.82, 2.24) is 10.6 Å². The first-order chi connectivity index (χ1) is 10.9. The van der Waals surface area contributed by atoms with Gasteiger partial charge in [-0.3, -0.25) is 4.79 Å². The number of carbonyl (C=O) groups excluding carboxylic acids is 1. The smallest absolute Gasteiger partial charge is 0.220 e. The molecule has 0 aromatic heterocycles. The Hall–Kier alpha value is -1.42. The van der Waals surface area contributed by atoms with Crippen LogP contribution in [0, 0.1) is 17.7 Å². The Morgan fingerprint density at radius 3 is 2.74 bits per heavy atom. The van der Waals surface area contributed by atoms with Crippen molar-refractivity contribution in [2.24, 2.45) is 11.8 Å². The molecule has 1 atom stereocenters. The van der Waals surface area contributed by atoms with E-state index in [9.17, 15) is 9.18 Å². The maximum absolute atomic E-state index is 13.4. The topological polar surface area (TPSA) is 41.1 Å². The highest BCUT2D eigenvalue weighted by atomic mass is 19.1. The van der Waals surface area contributed by atoms with Crippen LogP contribution in [0.1, 0.15) is 45.6 Å². The zero-order valence-electron chi connectivity index (χ0n) is 14.5. The molecule has 1 amide bonds. The molecule has 1 fully saturated rings. The molecule has 2 N–H and O–H groups in total. The number of hydrogen-bond acceptors (Lipinski definition) is 2. The number of amides is 1. The number of hydrogen-bond donors (Lipinski definition) is 2. The molecule has 1 aromatic rings. The summed E-state index contributed by atoms with van der Waals surface area (Å²) in [5.41, 5.74) is 0.625. The molecular formula is C19H29FN2O. The number of piperidine rings is 1. The standard InChI is InChI=1S/C19H29FN2O/c1-14(15-7-9-21-10-8-15)11-18(23)22-13-19(2,3)16-5-4-6-17(20)12-16/h4-6,12,14-15,21H,7-11,13H2,1-3H3,(H,22,23). The second-order valence-electron chi connectivity index (χ2n) is 7.44. The van der Waals surface area contributed by atoms with E-state index in [0.29, 0.717) is 24.8 Å². The summed E-state index contributed by atoms with van der Waals surface area (Å²) in [7, 11) is 0. The van der Waals surface area contributed by atoms with Crippen LogP contribution in [0.5, 0.6) is 0 Å². The summed E-state index contributed by atoms with van der Waals surface area (Å²) >= 11 is 0. The summed E-state index contributed by atoms with van der Waals surface area (Å²) in [6.07, 6.45) is 2.89. The average molecular weight is 320 g/mol.